The first kappa shape index (κ1) is 19.1. The molecule has 1 aliphatic heterocycles. The van der Waals surface area contributed by atoms with Gasteiger partial charge in [0.25, 0.3) is 5.91 Å². The lowest BCUT2D eigenvalue weighted by Gasteiger charge is -2.33. The van der Waals surface area contributed by atoms with E-state index in [1.807, 2.05) is 0 Å². The van der Waals surface area contributed by atoms with E-state index in [-0.39, 0.29) is 54.1 Å². The minimum atomic E-state index is -4.06. The van der Waals surface area contributed by atoms with Crippen LogP contribution in [0.3, 0.4) is 0 Å². The van der Waals surface area contributed by atoms with E-state index in [0.717, 1.165) is 0 Å². The van der Waals surface area contributed by atoms with E-state index in [1.165, 1.54) is 29.0 Å². The number of aryl methyl sites for hydroxylation is 3. The molecule has 11 heteroatoms. The number of rotatable bonds is 4. The summed E-state index contributed by atoms with van der Waals surface area (Å²) in [6.07, 6.45) is 1.52. The van der Waals surface area contributed by atoms with Gasteiger partial charge in [-0.05, 0) is 19.9 Å². The Labute approximate surface area is 156 Å². The van der Waals surface area contributed by atoms with Gasteiger partial charge in [0.2, 0.25) is 10.0 Å². The van der Waals surface area contributed by atoms with Crippen molar-refractivity contribution in [3.8, 4) is 0 Å². The lowest BCUT2D eigenvalue weighted by molar-refractivity contribution is 0.0684. The number of aromatic carboxylic acids is 1. The summed E-state index contributed by atoms with van der Waals surface area (Å²) in [6.45, 7) is 3.36. The van der Waals surface area contributed by atoms with Crippen LogP contribution in [0, 0.1) is 13.8 Å². The fraction of sp³-hybridized carbons (Fsp3) is 0.438. The molecule has 146 valence electrons. The fourth-order valence-electron chi connectivity index (χ4n) is 3.23. The molecule has 1 fully saturated rings. The normalized spacial score (nSPS) is 15.9. The molecule has 2 aromatic heterocycles. The summed E-state index contributed by atoms with van der Waals surface area (Å²) in [7, 11) is -2.40. The number of carboxylic acid groups (broad SMARTS) is 1. The molecular formula is C16H20N4O6S. The van der Waals surface area contributed by atoms with E-state index < -0.39 is 16.0 Å². The Balaban J connectivity index is 1.81. The van der Waals surface area contributed by atoms with Crippen LogP contribution in [0.25, 0.3) is 0 Å². The third kappa shape index (κ3) is 3.23. The van der Waals surface area contributed by atoms with E-state index in [0.29, 0.717) is 5.69 Å². The van der Waals surface area contributed by atoms with Crippen molar-refractivity contribution in [3.63, 3.8) is 0 Å². The summed E-state index contributed by atoms with van der Waals surface area (Å²) >= 11 is 0. The van der Waals surface area contributed by atoms with Crippen LogP contribution in [-0.2, 0) is 17.1 Å². The lowest BCUT2D eigenvalue weighted by atomic mass is 10.2. The predicted molar refractivity (Wildman–Crippen MR) is 93.0 cm³/mol. The average Bonchev–Trinajstić information content (AvgIpc) is 3.17. The molecule has 10 nitrogen and oxygen atoms in total. The number of piperazine rings is 1. The van der Waals surface area contributed by atoms with E-state index in [1.54, 1.807) is 18.0 Å². The van der Waals surface area contributed by atoms with Crippen LogP contribution in [-0.4, -0.2) is 70.6 Å². The minimum absolute atomic E-state index is 0.0401. The average molecular weight is 396 g/mol. The van der Waals surface area contributed by atoms with Gasteiger partial charge in [-0.15, -0.1) is 0 Å². The van der Waals surface area contributed by atoms with Gasteiger partial charge in [-0.2, -0.15) is 9.40 Å². The first-order valence-corrected chi connectivity index (χ1v) is 9.69. The zero-order valence-corrected chi connectivity index (χ0v) is 16.0. The van der Waals surface area contributed by atoms with Crippen LogP contribution >= 0.6 is 0 Å². The Bertz CT molecular complexity index is 998. The fourth-order valence-corrected chi connectivity index (χ4v) is 5.02. The van der Waals surface area contributed by atoms with Crippen LogP contribution in [0.4, 0.5) is 0 Å². The second kappa shape index (κ2) is 6.82. The van der Waals surface area contributed by atoms with Gasteiger partial charge >= 0.3 is 5.97 Å². The second-order valence-corrected chi connectivity index (χ2v) is 8.13. The smallest absolute Gasteiger partial charge is 0.340 e. The number of carboxylic acids is 1. The number of nitrogens with zero attached hydrogens (tertiary/aromatic N) is 4. The molecule has 0 radical (unpaired) electrons. The Hall–Kier alpha value is -2.66. The molecule has 3 rings (SSSR count). The highest BCUT2D eigenvalue weighted by atomic mass is 32.2. The van der Waals surface area contributed by atoms with Crippen molar-refractivity contribution >= 4 is 21.9 Å². The van der Waals surface area contributed by atoms with E-state index in [4.69, 9.17) is 4.42 Å². The van der Waals surface area contributed by atoms with Gasteiger partial charge in [0.05, 0.1) is 0 Å². The largest absolute Gasteiger partial charge is 0.478 e. The summed E-state index contributed by atoms with van der Waals surface area (Å²) in [5, 5.41) is 13.3. The Morgan fingerprint density at radius 2 is 1.78 bits per heavy atom. The molecule has 1 aliphatic rings. The molecule has 1 amide bonds. The van der Waals surface area contributed by atoms with Crippen LogP contribution in [0.1, 0.15) is 32.4 Å². The topological polar surface area (TPSA) is 126 Å². The van der Waals surface area contributed by atoms with Gasteiger partial charge in [0, 0.05) is 39.4 Å². The highest BCUT2D eigenvalue weighted by molar-refractivity contribution is 7.89. The third-order valence-corrected chi connectivity index (χ3v) is 6.64. The van der Waals surface area contributed by atoms with E-state index in [9.17, 15) is 23.1 Å². The Kier molecular flexibility index (Phi) is 4.82. The zero-order valence-electron chi connectivity index (χ0n) is 15.2. The highest BCUT2D eigenvalue weighted by Crippen LogP contribution is 2.30. The maximum absolute atomic E-state index is 13.0. The number of furan rings is 1. The van der Waals surface area contributed by atoms with Crippen molar-refractivity contribution in [2.45, 2.75) is 18.7 Å². The molecule has 1 N–H and O–H groups in total. The van der Waals surface area contributed by atoms with Gasteiger partial charge in [-0.3, -0.25) is 9.48 Å². The molecule has 0 spiro atoms. The first-order valence-electron chi connectivity index (χ1n) is 8.25. The van der Waals surface area contributed by atoms with Crippen molar-refractivity contribution in [2.24, 2.45) is 7.05 Å². The molecule has 0 aliphatic carbocycles. The summed E-state index contributed by atoms with van der Waals surface area (Å²) in [5.74, 6) is -1.50. The van der Waals surface area contributed by atoms with E-state index >= 15 is 0 Å². The highest BCUT2D eigenvalue weighted by Gasteiger charge is 2.37. The second-order valence-electron chi connectivity index (χ2n) is 6.26. The lowest BCUT2D eigenvalue weighted by Crippen LogP contribution is -2.51. The molecule has 2 aromatic rings. The van der Waals surface area contributed by atoms with Gasteiger partial charge in [0.1, 0.15) is 27.7 Å². The number of aromatic nitrogens is 2. The van der Waals surface area contributed by atoms with Crippen molar-refractivity contribution < 1.29 is 27.5 Å². The SMILES string of the molecule is Cc1oc(C)c(S(=O)(=O)N2CCN(C(=O)c3ccnn3C)CC2)c1C(=O)O. The molecule has 0 bridgehead atoms. The molecular weight excluding hydrogens is 376 g/mol. The molecule has 0 unspecified atom stereocenters. The van der Waals surface area contributed by atoms with Crippen LogP contribution in [0.5, 0.6) is 0 Å². The zero-order chi connectivity index (χ0) is 19.9. The standard InChI is InChI=1S/C16H20N4O6S/c1-10-13(16(22)23)14(11(2)26-10)27(24,25)20-8-6-19(7-9-20)15(21)12-4-5-17-18(12)3/h4-5H,6-9H2,1-3H3,(H,22,23). The number of carbonyl (C=O) groups excluding carboxylic acids is 1. The van der Waals surface area contributed by atoms with Crippen molar-refractivity contribution in [3.05, 3.63) is 35.0 Å². The predicted octanol–water partition coefficient (Wildman–Crippen LogP) is 0.475. The van der Waals surface area contributed by atoms with Crippen LogP contribution in [0.2, 0.25) is 0 Å². The Morgan fingerprint density at radius 3 is 2.30 bits per heavy atom. The molecule has 0 saturated carbocycles. The molecule has 1 saturated heterocycles. The van der Waals surface area contributed by atoms with Gasteiger partial charge in [-0.25, -0.2) is 13.2 Å². The van der Waals surface area contributed by atoms with Crippen molar-refractivity contribution in [1.29, 1.82) is 0 Å². The maximum atomic E-state index is 13.0. The minimum Gasteiger partial charge on any atom is -0.478 e. The number of sulfonamides is 1. The van der Waals surface area contributed by atoms with Crippen molar-refractivity contribution in [1.82, 2.24) is 19.0 Å². The van der Waals surface area contributed by atoms with Crippen LogP contribution < -0.4 is 0 Å². The summed E-state index contributed by atoms with van der Waals surface area (Å²) < 4.78 is 33.9. The molecule has 27 heavy (non-hydrogen) atoms. The quantitative estimate of drug-likeness (QED) is 0.796. The molecule has 0 atom stereocenters. The van der Waals surface area contributed by atoms with Gasteiger partial charge < -0.3 is 14.4 Å². The van der Waals surface area contributed by atoms with Crippen LogP contribution in [0.15, 0.2) is 21.6 Å². The number of hydrogen-bond acceptors (Lipinski definition) is 6. The monoisotopic (exact) mass is 396 g/mol. The number of amides is 1. The van der Waals surface area contributed by atoms with Gasteiger partial charge in [-0.1, -0.05) is 0 Å². The molecule has 0 aromatic carbocycles. The number of carbonyl (C=O) groups is 2. The van der Waals surface area contributed by atoms with Crippen molar-refractivity contribution in [2.75, 3.05) is 26.2 Å². The van der Waals surface area contributed by atoms with Gasteiger partial charge in [0.15, 0.2) is 0 Å². The summed E-state index contributed by atoms with van der Waals surface area (Å²) in [4.78, 5) is 25.2. The summed E-state index contributed by atoms with van der Waals surface area (Å²) in [6, 6.07) is 1.60. The third-order valence-electron chi connectivity index (χ3n) is 4.58. The maximum Gasteiger partial charge on any atom is 0.340 e. The van der Waals surface area contributed by atoms with E-state index in [2.05, 4.69) is 5.10 Å². The Morgan fingerprint density at radius 1 is 1.15 bits per heavy atom. The number of hydrogen-bond donors (Lipinski definition) is 1. The molecule has 3 heterocycles. The summed E-state index contributed by atoms with van der Waals surface area (Å²) in [5.41, 5.74) is 0.0710. The first-order chi connectivity index (χ1) is 12.6.